The van der Waals surface area contributed by atoms with Crippen molar-refractivity contribution in [1.29, 1.82) is 0 Å². The molecule has 2 aliphatic rings. The van der Waals surface area contributed by atoms with E-state index in [0.717, 1.165) is 18.4 Å². The van der Waals surface area contributed by atoms with Crippen LogP contribution in [0.2, 0.25) is 0 Å². The van der Waals surface area contributed by atoms with Gasteiger partial charge in [0.25, 0.3) is 0 Å². The molecule has 4 N–H and O–H groups in total. The molecule has 1 aliphatic carbocycles. The summed E-state index contributed by atoms with van der Waals surface area (Å²) in [5, 5.41) is 3.27. The van der Waals surface area contributed by atoms with Crippen LogP contribution in [0.3, 0.4) is 0 Å². The third kappa shape index (κ3) is 1.30. The molecule has 0 aromatic heterocycles. The van der Waals surface area contributed by atoms with Gasteiger partial charge in [-0.25, -0.2) is 5.84 Å². The van der Waals surface area contributed by atoms with E-state index in [4.69, 9.17) is 5.84 Å². The number of hydrazine groups is 1. The first kappa shape index (κ1) is 6.91. The fraction of sp³-hybridized carbons (Fsp3) is 0.857. The number of aliphatic imine (C=N–C) groups is 1. The SMILES string of the molecule is NNC1=NCC2CCC(C2)N1. The van der Waals surface area contributed by atoms with E-state index in [1.807, 2.05) is 0 Å². The molecule has 0 radical (unpaired) electrons. The number of nitrogens with zero attached hydrogens (tertiary/aromatic N) is 1. The maximum absolute atomic E-state index is 5.26. The molecular formula is C7H14N4. The van der Waals surface area contributed by atoms with Crippen molar-refractivity contribution >= 4 is 5.96 Å². The van der Waals surface area contributed by atoms with E-state index in [2.05, 4.69) is 15.7 Å². The summed E-state index contributed by atoms with van der Waals surface area (Å²) in [4.78, 5) is 4.29. The maximum Gasteiger partial charge on any atom is 0.205 e. The van der Waals surface area contributed by atoms with Gasteiger partial charge in [0.1, 0.15) is 0 Å². The normalized spacial score (nSPS) is 35.5. The smallest absolute Gasteiger partial charge is 0.205 e. The zero-order chi connectivity index (χ0) is 7.68. The summed E-state index contributed by atoms with van der Waals surface area (Å²) in [5.74, 6) is 6.81. The molecule has 0 spiro atoms. The Hall–Kier alpha value is -0.770. The largest absolute Gasteiger partial charge is 0.353 e. The lowest BCUT2D eigenvalue weighted by Gasteiger charge is -2.13. The molecule has 1 aliphatic heterocycles. The van der Waals surface area contributed by atoms with Gasteiger partial charge in [-0.2, -0.15) is 0 Å². The Morgan fingerprint density at radius 1 is 1.55 bits per heavy atom. The molecule has 0 saturated heterocycles. The molecule has 4 heteroatoms. The molecule has 1 fully saturated rings. The first-order valence-corrected chi connectivity index (χ1v) is 4.16. The molecular weight excluding hydrogens is 140 g/mol. The molecule has 0 aromatic carbocycles. The van der Waals surface area contributed by atoms with Gasteiger partial charge in [0.05, 0.1) is 0 Å². The van der Waals surface area contributed by atoms with Gasteiger partial charge in [0.15, 0.2) is 0 Å². The van der Waals surface area contributed by atoms with Crippen LogP contribution in [0.5, 0.6) is 0 Å². The minimum atomic E-state index is 0.609. The average Bonchev–Trinajstić information content (AvgIpc) is 2.31. The van der Waals surface area contributed by atoms with E-state index in [-0.39, 0.29) is 0 Å². The average molecular weight is 154 g/mol. The van der Waals surface area contributed by atoms with Crippen LogP contribution in [0, 0.1) is 5.92 Å². The standard InChI is InChI=1S/C7H14N4/c8-11-7-9-4-5-1-2-6(3-5)10-7/h5-6H,1-4,8H2,(H2,9,10,11). The lowest BCUT2D eigenvalue weighted by Crippen LogP contribution is -2.45. The van der Waals surface area contributed by atoms with Crippen LogP contribution in [-0.2, 0) is 0 Å². The van der Waals surface area contributed by atoms with Crippen molar-refractivity contribution in [2.24, 2.45) is 16.8 Å². The lowest BCUT2D eigenvalue weighted by molar-refractivity contribution is 0.554. The Morgan fingerprint density at radius 2 is 2.45 bits per heavy atom. The van der Waals surface area contributed by atoms with E-state index in [1.54, 1.807) is 0 Å². The van der Waals surface area contributed by atoms with Crippen molar-refractivity contribution in [2.45, 2.75) is 25.3 Å². The Balaban J connectivity index is 2.06. The second-order valence-corrected chi connectivity index (χ2v) is 3.35. The summed E-state index contributed by atoms with van der Waals surface area (Å²) in [7, 11) is 0. The number of guanidine groups is 1. The Kier molecular flexibility index (Phi) is 1.69. The summed E-state index contributed by atoms with van der Waals surface area (Å²) in [5.41, 5.74) is 2.57. The van der Waals surface area contributed by atoms with Crippen molar-refractivity contribution in [1.82, 2.24) is 10.7 Å². The summed E-state index contributed by atoms with van der Waals surface area (Å²) in [6, 6.07) is 0.609. The minimum absolute atomic E-state index is 0.609. The van der Waals surface area contributed by atoms with Crippen molar-refractivity contribution in [3.8, 4) is 0 Å². The van der Waals surface area contributed by atoms with Gasteiger partial charge in [-0.15, -0.1) is 0 Å². The summed E-state index contributed by atoms with van der Waals surface area (Å²) in [6.45, 7) is 0.934. The van der Waals surface area contributed by atoms with Crippen LogP contribution in [0.25, 0.3) is 0 Å². The summed E-state index contributed by atoms with van der Waals surface area (Å²) >= 11 is 0. The molecule has 62 valence electrons. The summed E-state index contributed by atoms with van der Waals surface area (Å²) < 4.78 is 0. The lowest BCUT2D eigenvalue weighted by atomic mass is 10.1. The van der Waals surface area contributed by atoms with Gasteiger partial charge >= 0.3 is 0 Å². The monoisotopic (exact) mass is 154 g/mol. The van der Waals surface area contributed by atoms with Crippen molar-refractivity contribution in [3.63, 3.8) is 0 Å². The zero-order valence-corrected chi connectivity index (χ0v) is 6.51. The topological polar surface area (TPSA) is 62.4 Å². The Morgan fingerprint density at radius 3 is 3.27 bits per heavy atom. The number of nitrogens with one attached hydrogen (secondary N) is 2. The van der Waals surface area contributed by atoms with E-state index >= 15 is 0 Å². The molecule has 0 aromatic rings. The molecule has 2 bridgehead atoms. The fourth-order valence-corrected chi connectivity index (χ4v) is 1.92. The van der Waals surface area contributed by atoms with E-state index < -0.39 is 0 Å². The van der Waals surface area contributed by atoms with Crippen LogP contribution in [-0.4, -0.2) is 18.5 Å². The fourth-order valence-electron chi connectivity index (χ4n) is 1.92. The molecule has 0 amide bonds. The van der Waals surface area contributed by atoms with Gasteiger partial charge < -0.3 is 5.32 Å². The quantitative estimate of drug-likeness (QED) is 0.328. The molecule has 2 unspecified atom stereocenters. The second-order valence-electron chi connectivity index (χ2n) is 3.35. The van der Waals surface area contributed by atoms with Crippen LogP contribution < -0.4 is 16.6 Å². The van der Waals surface area contributed by atoms with Gasteiger partial charge in [-0.05, 0) is 25.2 Å². The predicted molar refractivity (Wildman–Crippen MR) is 43.9 cm³/mol. The van der Waals surface area contributed by atoms with Crippen LogP contribution in [0.15, 0.2) is 4.99 Å². The highest BCUT2D eigenvalue weighted by atomic mass is 15.3. The summed E-state index contributed by atoms with van der Waals surface area (Å²) in [6.07, 6.45) is 3.85. The molecule has 11 heavy (non-hydrogen) atoms. The number of hydrogen-bond acceptors (Lipinski definition) is 4. The van der Waals surface area contributed by atoms with Crippen molar-refractivity contribution in [3.05, 3.63) is 0 Å². The van der Waals surface area contributed by atoms with Crippen molar-refractivity contribution in [2.75, 3.05) is 6.54 Å². The zero-order valence-electron chi connectivity index (χ0n) is 6.51. The highest BCUT2D eigenvalue weighted by Crippen LogP contribution is 2.26. The predicted octanol–water partition coefficient (Wildman–Crippen LogP) is -0.422. The van der Waals surface area contributed by atoms with E-state index in [0.29, 0.717) is 6.04 Å². The molecule has 1 saturated carbocycles. The first-order chi connectivity index (χ1) is 5.38. The van der Waals surface area contributed by atoms with Gasteiger partial charge in [0.2, 0.25) is 5.96 Å². The Bertz CT molecular complexity index is 177. The minimum Gasteiger partial charge on any atom is -0.353 e. The van der Waals surface area contributed by atoms with Crippen LogP contribution >= 0.6 is 0 Å². The highest BCUT2D eigenvalue weighted by Gasteiger charge is 2.27. The number of rotatable bonds is 0. The molecule has 1 heterocycles. The third-order valence-corrected chi connectivity index (χ3v) is 2.53. The van der Waals surface area contributed by atoms with E-state index in [1.165, 1.54) is 19.3 Å². The molecule has 2 atom stereocenters. The van der Waals surface area contributed by atoms with Crippen molar-refractivity contribution < 1.29 is 0 Å². The first-order valence-electron chi connectivity index (χ1n) is 4.16. The van der Waals surface area contributed by atoms with Crippen LogP contribution in [0.1, 0.15) is 19.3 Å². The maximum atomic E-state index is 5.26. The number of nitrogens with two attached hydrogens (primary N) is 1. The van der Waals surface area contributed by atoms with E-state index in [9.17, 15) is 0 Å². The van der Waals surface area contributed by atoms with Gasteiger partial charge in [-0.1, -0.05) is 0 Å². The second kappa shape index (κ2) is 2.70. The van der Waals surface area contributed by atoms with Gasteiger partial charge in [-0.3, -0.25) is 10.4 Å². The highest BCUT2D eigenvalue weighted by molar-refractivity contribution is 5.79. The van der Waals surface area contributed by atoms with Gasteiger partial charge in [0, 0.05) is 12.6 Å². The van der Waals surface area contributed by atoms with Crippen LogP contribution in [0.4, 0.5) is 0 Å². The molecule has 2 rings (SSSR count). The number of fused-ring (bicyclic) bond motifs is 2. The molecule has 4 nitrogen and oxygen atoms in total. The number of hydrogen-bond donors (Lipinski definition) is 3. The third-order valence-electron chi connectivity index (χ3n) is 2.53. The Labute approximate surface area is 66.2 Å².